The molecule has 26 heavy (non-hydrogen) atoms. The Morgan fingerprint density at radius 3 is 2.27 bits per heavy atom. The molecule has 2 rings (SSSR count). The number of nitrogens with zero attached hydrogens (tertiary/aromatic N) is 2. The highest BCUT2D eigenvalue weighted by Crippen LogP contribution is 2.14. The van der Waals surface area contributed by atoms with Gasteiger partial charge in [0.25, 0.3) is 0 Å². The molecule has 1 amide bonds. The van der Waals surface area contributed by atoms with Crippen molar-refractivity contribution in [2.24, 2.45) is 0 Å². The molecule has 0 atom stereocenters. The van der Waals surface area contributed by atoms with Crippen LogP contribution in [0.2, 0.25) is 5.02 Å². The highest BCUT2D eigenvalue weighted by Gasteiger charge is 2.23. The van der Waals surface area contributed by atoms with Crippen LogP contribution in [0.1, 0.15) is 11.1 Å². The van der Waals surface area contributed by atoms with Crippen LogP contribution in [0.4, 0.5) is 4.39 Å². The van der Waals surface area contributed by atoms with E-state index in [9.17, 15) is 17.6 Å². The third-order valence-electron chi connectivity index (χ3n) is 3.84. The zero-order valence-corrected chi connectivity index (χ0v) is 16.1. The summed E-state index contributed by atoms with van der Waals surface area (Å²) in [6, 6.07) is 12.9. The van der Waals surface area contributed by atoms with Crippen molar-refractivity contribution < 1.29 is 17.6 Å². The van der Waals surface area contributed by atoms with Gasteiger partial charge in [-0.15, -0.1) is 0 Å². The number of carbonyl (C=O) groups excluding carboxylic acids is 1. The lowest BCUT2D eigenvalue weighted by atomic mass is 10.2. The number of amides is 1. The molecule has 0 bridgehead atoms. The van der Waals surface area contributed by atoms with Crippen molar-refractivity contribution in [2.75, 3.05) is 19.8 Å². The van der Waals surface area contributed by atoms with Gasteiger partial charge in [0.15, 0.2) is 0 Å². The van der Waals surface area contributed by atoms with E-state index >= 15 is 0 Å². The molecule has 0 aliphatic heterocycles. The van der Waals surface area contributed by atoms with Crippen molar-refractivity contribution in [2.45, 2.75) is 13.1 Å². The van der Waals surface area contributed by atoms with E-state index in [4.69, 9.17) is 11.6 Å². The van der Waals surface area contributed by atoms with Gasteiger partial charge in [-0.2, -0.15) is 4.31 Å². The summed E-state index contributed by atoms with van der Waals surface area (Å²) in [6.45, 7) is -0.253. The van der Waals surface area contributed by atoms with E-state index in [2.05, 4.69) is 0 Å². The molecule has 0 heterocycles. The van der Waals surface area contributed by atoms with E-state index in [1.54, 1.807) is 37.4 Å². The molecule has 2 aromatic carbocycles. The maximum absolute atomic E-state index is 13.8. The van der Waals surface area contributed by atoms with Gasteiger partial charge in [0.05, 0.1) is 12.8 Å². The lowest BCUT2D eigenvalue weighted by Gasteiger charge is -2.24. The second-order valence-electron chi connectivity index (χ2n) is 6.00. The lowest BCUT2D eigenvalue weighted by Crippen LogP contribution is -2.40. The Morgan fingerprint density at radius 2 is 1.69 bits per heavy atom. The van der Waals surface area contributed by atoms with Crippen LogP contribution >= 0.6 is 11.6 Å². The number of likely N-dealkylation sites (N-methyl/N-ethyl adjacent to an activating group) is 1. The summed E-state index contributed by atoms with van der Waals surface area (Å²) in [4.78, 5) is 13.9. The molecule has 5 nitrogen and oxygen atoms in total. The molecule has 0 aliphatic carbocycles. The summed E-state index contributed by atoms with van der Waals surface area (Å²) in [5.41, 5.74) is 1.08. The predicted octanol–water partition coefficient (Wildman–Crippen LogP) is 2.90. The summed E-state index contributed by atoms with van der Waals surface area (Å²) < 4.78 is 38.8. The first-order chi connectivity index (χ1) is 12.2. The van der Waals surface area contributed by atoms with Crippen LogP contribution in [-0.4, -0.2) is 43.4 Å². The van der Waals surface area contributed by atoms with E-state index in [1.807, 2.05) is 0 Å². The van der Waals surface area contributed by atoms with Crippen LogP contribution in [-0.2, 0) is 27.9 Å². The molecule has 0 fully saturated rings. The fourth-order valence-corrected chi connectivity index (χ4v) is 3.17. The third-order valence-corrected chi connectivity index (χ3v) is 5.29. The van der Waals surface area contributed by atoms with Gasteiger partial charge >= 0.3 is 0 Å². The van der Waals surface area contributed by atoms with Crippen molar-refractivity contribution in [1.82, 2.24) is 9.21 Å². The van der Waals surface area contributed by atoms with E-state index < -0.39 is 15.8 Å². The molecular weight excluding hydrogens is 379 g/mol. The second kappa shape index (κ2) is 8.62. The van der Waals surface area contributed by atoms with Crippen molar-refractivity contribution in [3.8, 4) is 0 Å². The van der Waals surface area contributed by atoms with E-state index in [1.165, 1.54) is 23.1 Å². The van der Waals surface area contributed by atoms with Crippen LogP contribution in [0.15, 0.2) is 48.5 Å². The minimum Gasteiger partial charge on any atom is -0.340 e. The van der Waals surface area contributed by atoms with Gasteiger partial charge in [-0.1, -0.05) is 41.9 Å². The monoisotopic (exact) mass is 398 g/mol. The molecule has 0 unspecified atom stereocenters. The second-order valence-corrected chi connectivity index (χ2v) is 8.42. The van der Waals surface area contributed by atoms with Crippen molar-refractivity contribution in [3.63, 3.8) is 0 Å². The number of carbonyl (C=O) groups is 1. The smallest absolute Gasteiger partial charge is 0.237 e. The number of hydrogen-bond acceptors (Lipinski definition) is 3. The zero-order chi connectivity index (χ0) is 19.3. The maximum Gasteiger partial charge on any atom is 0.237 e. The summed E-state index contributed by atoms with van der Waals surface area (Å²) in [6.07, 6.45) is 1.00. The first kappa shape index (κ1) is 20.4. The minimum atomic E-state index is -3.69. The van der Waals surface area contributed by atoms with E-state index in [0.29, 0.717) is 11.6 Å². The van der Waals surface area contributed by atoms with Crippen molar-refractivity contribution in [3.05, 3.63) is 70.5 Å². The predicted molar refractivity (Wildman–Crippen MR) is 99.6 cm³/mol. The zero-order valence-electron chi connectivity index (χ0n) is 14.5. The summed E-state index contributed by atoms with van der Waals surface area (Å²) in [7, 11) is -2.10. The number of benzene rings is 2. The molecule has 0 spiro atoms. The molecule has 8 heteroatoms. The molecule has 0 aromatic heterocycles. The van der Waals surface area contributed by atoms with Crippen LogP contribution in [0.3, 0.4) is 0 Å². The molecule has 2 aromatic rings. The van der Waals surface area contributed by atoms with Crippen LogP contribution in [0.5, 0.6) is 0 Å². The minimum absolute atomic E-state index is 0.202. The summed E-state index contributed by atoms with van der Waals surface area (Å²) in [5.74, 6) is -0.898. The Labute approximate surface area is 158 Å². The number of sulfonamides is 1. The first-order valence-corrected chi connectivity index (χ1v) is 10.1. The number of rotatable bonds is 7. The standard InChI is InChI=1S/C18H20ClFN2O3S/c1-21(11-14-7-9-16(19)10-8-14)18(23)13-22(26(2,24)25)12-15-5-3-4-6-17(15)20/h3-10H,11-13H2,1-2H3. The van der Waals surface area contributed by atoms with Gasteiger partial charge in [0, 0.05) is 30.7 Å². The Balaban J connectivity index is 2.08. The van der Waals surface area contributed by atoms with E-state index in [0.717, 1.165) is 16.1 Å². The molecule has 0 saturated carbocycles. The van der Waals surface area contributed by atoms with Crippen LogP contribution in [0.25, 0.3) is 0 Å². The third kappa shape index (κ3) is 5.79. The van der Waals surface area contributed by atoms with Crippen LogP contribution < -0.4 is 0 Å². The Bertz CT molecular complexity index is 872. The average Bonchev–Trinajstić information content (AvgIpc) is 2.57. The van der Waals surface area contributed by atoms with Gasteiger partial charge in [-0.3, -0.25) is 4.79 Å². The van der Waals surface area contributed by atoms with E-state index in [-0.39, 0.29) is 24.6 Å². The van der Waals surface area contributed by atoms with Gasteiger partial charge in [-0.25, -0.2) is 12.8 Å². The molecular formula is C18H20ClFN2O3S. The molecule has 0 N–H and O–H groups in total. The Kier molecular flexibility index (Phi) is 6.75. The average molecular weight is 399 g/mol. The quantitative estimate of drug-likeness (QED) is 0.720. The topological polar surface area (TPSA) is 57.7 Å². The largest absolute Gasteiger partial charge is 0.340 e. The first-order valence-electron chi connectivity index (χ1n) is 7.84. The highest BCUT2D eigenvalue weighted by molar-refractivity contribution is 7.88. The lowest BCUT2D eigenvalue weighted by molar-refractivity contribution is -0.130. The number of halogens is 2. The van der Waals surface area contributed by atoms with Gasteiger partial charge in [-0.05, 0) is 23.8 Å². The fourth-order valence-electron chi connectivity index (χ4n) is 2.33. The molecule has 0 radical (unpaired) electrons. The number of hydrogen-bond donors (Lipinski definition) is 0. The highest BCUT2D eigenvalue weighted by atomic mass is 35.5. The Hall–Kier alpha value is -1.96. The van der Waals surface area contributed by atoms with Crippen molar-refractivity contribution >= 4 is 27.5 Å². The van der Waals surface area contributed by atoms with Gasteiger partial charge in [0.2, 0.25) is 15.9 Å². The summed E-state index contributed by atoms with van der Waals surface area (Å²) >= 11 is 5.84. The van der Waals surface area contributed by atoms with Crippen LogP contribution in [0, 0.1) is 5.82 Å². The summed E-state index contributed by atoms with van der Waals surface area (Å²) in [5, 5.41) is 0.593. The SMILES string of the molecule is CN(Cc1ccc(Cl)cc1)C(=O)CN(Cc1ccccc1F)S(C)(=O)=O. The molecule has 0 aliphatic rings. The normalized spacial score (nSPS) is 11.6. The fraction of sp³-hybridized carbons (Fsp3) is 0.278. The maximum atomic E-state index is 13.8. The van der Waals surface area contributed by atoms with Gasteiger partial charge in [0.1, 0.15) is 5.82 Å². The van der Waals surface area contributed by atoms with Crippen molar-refractivity contribution in [1.29, 1.82) is 0 Å². The molecule has 140 valence electrons. The molecule has 0 saturated heterocycles. The van der Waals surface area contributed by atoms with Gasteiger partial charge < -0.3 is 4.90 Å². The Morgan fingerprint density at radius 1 is 1.08 bits per heavy atom.